The van der Waals surface area contributed by atoms with Crippen molar-refractivity contribution in [1.82, 2.24) is 0 Å². The third-order valence-electron chi connectivity index (χ3n) is 2.95. The highest BCUT2D eigenvalue weighted by Crippen LogP contribution is 2.27. The molecule has 0 radical (unpaired) electrons. The van der Waals surface area contributed by atoms with E-state index in [1.165, 1.54) is 11.8 Å². The van der Waals surface area contributed by atoms with Crippen LogP contribution in [0.4, 0.5) is 4.39 Å². The van der Waals surface area contributed by atoms with E-state index in [0.717, 1.165) is 25.7 Å². The molecule has 0 aromatic carbocycles. The standard InChI is InChI=1S/C14H27FO2S/c1-4-6-8-12(15)10-11(3)18-13(14(16)17)9-7-5-2/h11-13H,4-10H2,1-3H3,(H,16,17). The molecule has 0 rings (SSSR count). The zero-order valence-corrected chi connectivity index (χ0v) is 12.6. The van der Waals surface area contributed by atoms with E-state index in [4.69, 9.17) is 5.11 Å². The van der Waals surface area contributed by atoms with Crippen LogP contribution < -0.4 is 0 Å². The summed E-state index contributed by atoms with van der Waals surface area (Å²) in [5.41, 5.74) is 0. The molecule has 0 saturated carbocycles. The fourth-order valence-electron chi connectivity index (χ4n) is 1.88. The molecule has 0 aliphatic carbocycles. The highest BCUT2D eigenvalue weighted by atomic mass is 32.2. The summed E-state index contributed by atoms with van der Waals surface area (Å²) >= 11 is 1.41. The summed E-state index contributed by atoms with van der Waals surface area (Å²) in [5, 5.41) is 8.81. The van der Waals surface area contributed by atoms with Crippen LogP contribution in [0.15, 0.2) is 0 Å². The molecular formula is C14H27FO2S. The van der Waals surface area contributed by atoms with E-state index in [9.17, 15) is 9.18 Å². The van der Waals surface area contributed by atoms with Crippen LogP contribution in [-0.4, -0.2) is 27.7 Å². The zero-order chi connectivity index (χ0) is 14.0. The first-order valence-corrected chi connectivity index (χ1v) is 7.97. The van der Waals surface area contributed by atoms with Crippen molar-refractivity contribution < 1.29 is 14.3 Å². The molecule has 18 heavy (non-hydrogen) atoms. The number of thioether (sulfide) groups is 1. The van der Waals surface area contributed by atoms with E-state index in [1.54, 1.807) is 0 Å². The van der Waals surface area contributed by atoms with E-state index >= 15 is 0 Å². The van der Waals surface area contributed by atoms with Crippen molar-refractivity contribution in [3.63, 3.8) is 0 Å². The Balaban J connectivity index is 4.00. The van der Waals surface area contributed by atoms with Gasteiger partial charge >= 0.3 is 5.97 Å². The van der Waals surface area contributed by atoms with E-state index in [0.29, 0.717) is 19.3 Å². The summed E-state index contributed by atoms with van der Waals surface area (Å²) < 4.78 is 13.6. The molecule has 0 amide bonds. The quantitative estimate of drug-likeness (QED) is 0.596. The Bertz CT molecular complexity index is 224. The van der Waals surface area contributed by atoms with Gasteiger partial charge in [-0.1, -0.05) is 46.5 Å². The van der Waals surface area contributed by atoms with Gasteiger partial charge in [-0.25, -0.2) is 4.39 Å². The highest BCUT2D eigenvalue weighted by molar-refractivity contribution is 8.01. The van der Waals surface area contributed by atoms with Crippen molar-refractivity contribution >= 4 is 17.7 Å². The Hall–Kier alpha value is -0.250. The number of carboxylic acid groups (broad SMARTS) is 1. The van der Waals surface area contributed by atoms with Crippen LogP contribution in [0.2, 0.25) is 0 Å². The maximum atomic E-state index is 13.6. The number of hydrogen-bond acceptors (Lipinski definition) is 2. The number of alkyl halides is 1. The largest absolute Gasteiger partial charge is 0.480 e. The van der Waals surface area contributed by atoms with Crippen LogP contribution in [0.5, 0.6) is 0 Å². The van der Waals surface area contributed by atoms with Crippen LogP contribution in [0.3, 0.4) is 0 Å². The minimum Gasteiger partial charge on any atom is -0.480 e. The monoisotopic (exact) mass is 278 g/mol. The summed E-state index contributed by atoms with van der Waals surface area (Å²) in [7, 11) is 0. The molecule has 0 bridgehead atoms. The Kier molecular flexibility index (Phi) is 10.5. The number of unbranched alkanes of at least 4 members (excludes halogenated alkanes) is 2. The molecule has 0 aromatic heterocycles. The molecule has 108 valence electrons. The first-order chi connectivity index (χ1) is 8.51. The summed E-state index contributed by atoms with van der Waals surface area (Å²) in [6, 6.07) is 0. The maximum absolute atomic E-state index is 13.6. The van der Waals surface area contributed by atoms with Crippen LogP contribution in [0, 0.1) is 0 Å². The summed E-state index contributed by atoms with van der Waals surface area (Å²) in [5.74, 6) is -0.760. The lowest BCUT2D eigenvalue weighted by atomic mass is 10.1. The second kappa shape index (κ2) is 10.7. The molecule has 0 aliphatic heterocycles. The van der Waals surface area contributed by atoms with Crippen molar-refractivity contribution in [1.29, 1.82) is 0 Å². The van der Waals surface area contributed by atoms with Gasteiger partial charge < -0.3 is 5.11 Å². The van der Waals surface area contributed by atoms with Crippen LogP contribution in [0.1, 0.15) is 65.7 Å². The second-order valence-electron chi connectivity index (χ2n) is 4.89. The van der Waals surface area contributed by atoms with Crippen molar-refractivity contribution in [2.75, 3.05) is 0 Å². The lowest BCUT2D eigenvalue weighted by Gasteiger charge is -2.19. The lowest BCUT2D eigenvalue weighted by molar-refractivity contribution is -0.136. The molecule has 0 aliphatic rings. The highest BCUT2D eigenvalue weighted by Gasteiger charge is 2.22. The third-order valence-corrected chi connectivity index (χ3v) is 4.37. The Morgan fingerprint density at radius 3 is 2.28 bits per heavy atom. The SMILES string of the molecule is CCCCC(F)CC(C)SC(CCCC)C(=O)O. The number of hydrogen-bond donors (Lipinski definition) is 1. The molecule has 0 heterocycles. The summed E-state index contributed by atoms with van der Waals surface area (Å²) in [4.78, 5) is 11.1. The molecule has 3 atom stereocenters. The minimum absolute atomic E-state index is 0.0785. The van der Waals surface area contributed by atoms with E-state index in [-0.39, 0.29) is 10.5 Å². The first-order valence-electron chi connectivity index (χ1n) is 7.03. The summed E-state index contributed by atoms with van der Waals surface area (Å²) in [6.07, 6.45) is 4.83. The number of carbonyl (C=O) groups is 1. The van der Waals surface area contributed by atoms with Crippen molar-refractivity contribution in [3.05, 3.63) is 0 Å². The van der Waals surface area contributed by atoms with Gasteiger partial charge in [0.2, 0.25) is 0 Å². The second-order valence-corrected chi connectivity index (χ2v) is 6.54. The number of aliphatic carboxylic acids is 1. The Morgan fingerprint density at radius 2 is 1.78 bits per heavy atom. The topological polar surface area (TPSA) is 37.3 Å². The van der Waals surface area contributed by atoms with E-state index in [2.05, 4.69) is 13.8 Å². The number of rotatable bonds is 11. The number of carboxylic acids is 1. The van der Waals surface area contributed by atoms with Gasteiger partial charge in [-0.2, -0.15) is 0 Å². The van der Waals surface area contributed by atoms with Gasteiger partial charge in [0.1, 0.15) is 11.4 Å². The summed E-state index contributed by atoms with van der Waals surface area (Å²) in [6.45, 7) is 6.04. The minimum atomic E-state index is -0.784. The van der Waals surface area contributed by atoms with E-state index in [1.807, 2.05) is 6.92 Å². The molecule has 1 N–H and O–H groups in total. The zero-order valence-electron chi connectivity index (χ0n) is 11.8. The van der Waals surface area contributed by atoms with Crippen LogP contribution in [0.25, 0.3) is 0 Å². The van der Waals surface area contributed by atoms with Gasteiger partial charge in [0.05, 0.1) is 0 Å². The normalized spacial score (nSPS) is 16.2. The Labute approximate surface area is 115 Å². The van der Waals surface area contributed by atoms with Crippen LogP contribution in [-0.2, 0) is 4.79 Å². The molecule has 0 aromatic rings. The van der Waals surface area contributed by atoms with Crippen molar-refractivity contribution in [2.24, 2.45) is 0 Å². The first kappa shape index (κ1) is 17.8. The fourth-order valence-corrected chi connectivity index (χ4v) is 3.18. The fraction of sp³-hybridized carbons (Fsp3) is 0.929. The molecule has 0 saturated heterocycles. The maximum Gasteiger partial charge on any atom is 0.316 e. The van der Waals surface area contributed by atoms with Gasteiger partial charge in [-0.05, 0) is 19.3 Å². The predicted molar refractivity (Wildman–Crippen MR) is 77.0 cm³/mol. The molecule has 2 nitrogen and oxygen atoms in total. The third kappa shape index (κ3) is 8.78. The van der Waals surface area contributed by atoms with Gasteiger partial charge in [0.25, 0.3) is 0 Å². The van der Waals surface area contributed by atoms with Gasteiger partial charge in [-0.3, -0.25) is 4.79 Å². The van der Waals surface area contributed by atoms with Gasteiger partial charge in [0.15, 0.2) is 0 Å². The van der Waals surface area contributed by atoms with Crippen LogP contribution >= 0.6 is 11.8 Å². The Morgan fingerprint density at radius 1 is 1.22 bits per heavy atom. The molecule has 0 fully saturated rings. The average Bonchev–Trinajstić information content (AvgIpc) is 2.31. The molecular weight excluding hydrogens is 251 g/mol. The van der Waals surface area contributed by atoms with Crippen molar-refractivity contribution in [2.45, 2.75) is 82.4 Å². The molecule has 0 spiro atoms. The smallest absolute Gasteiger partial charge is 0.316 e. The van der Waals surface area contributed by atoms with E-state index < -0.39 is 12.1 Å². The van der Waals surface area contributed by atoms with Gasteiger partial charge in [-0.15, -0.1) is 11.8 Å². The number of halogens is 1. The molecule has 3 unspecified atom stereocenters. The van der Waals surface area contributed by atoms with Gasteiger partial charge in [0, 0.05) is 5.25 Å². The predicted octanol–water partition coefficient (Wildman–Crippen LogP) is 4.67. The average molecular weight is 278 g/mol. The molecule has 4 heteroatoms. The lowest BCUT2D eigenvalue weighted by Crippen LogP contribution is -2.21. The van der Waals surface area contributed by atoms with Crippen molar-refractivity contribution in [3.8, 4) is 0 Å².